The quantitative estimate of drug-likeness (QED) is 0.489. The van der Waals surface area contributed by atoms with Gasteiger partial charge in [-0.15, -0.1) is 6.42 Å². The molecule has 148 valence electrons. The molecule has 0 spiro atoms. The normalized spacial score (nSPS) is 12.6. The Balaban J connectivity index is 1.57. The number of fused-ring (bicyclic) bond motifs is 2. The van der Waals surface area contributed by atoms with E-state index in [1.54, 1.807) is 18.6 Å². The van der Waals surface area contributed by atoms with Crippen LogP contribution in [0.15, 0.2) is 43.0 Å². The third-order valence-corrected chi connectivity index (χ3v) is 5.62. The van der Waals surface area contributed by atoms with Crippen LogP contribution in [0.4, 0.5) is 4.39 Å². The van der Waals surface area contributed by atoms with Crippen LogP contribution in [-0.4, -0.2) is 26.0 Å². The number of imidazole rings is 1. The van der Waals surface area contributed by atoms with Gasteiger partial charge in [0.1, 0.15) is 29.4 Å². The number of pyridine rings is 1. The highest BCUT2D eigenvalue weighted by Crippen LogP contribution is 2.32. The third-order valence-electron chi connectivity index (χ3n) is 5.62. The lowest BCUT2D eigenvalue weighted by Gasteiger charge is -2.12. The Morgan fingerprint density at radius 3 is 2.90 bits per heavy atom. The highest BCUT2D eigenvalue weighted by molar-refractivity contribution is 5.84. The van der Waals surface area contributed by atoms with Crippen LogP contribution in [0.5, 0.6) is 5.75 Å². The first kappa shape index (κ1) is 18.3. The van der Waals surface area contributed by atoms with Crippen LogP contribution in [-0.2, 0) is 19.3 Å². The molecule has 1 aliphatic rings. The molecule has 4 aromatic rings. The number of nitrogens with zero attached hydrogens (tertiary/aromatic N) is 4. The molecule has 0 bridgehead atoms. The number of ether oxygens (including phenoxy) is 1. The number of hydrogen-bond acceptors (Lipinski definition) is 4. The summed E-state index contributed by atoms with van der Waals surface area (Å²) in [6.07, 6.45) is 12.8. The molecular formula is C24H19FN4O. The Bertz CT molecular complexity index is 1320. The van der Waals surface area contributed by atoms with Crippen LogP contribution in [0.25, 0.3) is 16.6 Å². The summed E-state index contributed by atoms with van der Waals surface area (Å²) in [6, 6.07) is 7.07. The van der Waals surface area contributed by atoms with Crippen LogP contribution in [0, 0.1) is 25.1 Å². The van der Waals surface area contributed by atoms with Crippen molar-refractivity contribution in [1.82, 2.24) is 19.4 Å². The first-order chi connectivity index (χ1) is 14.7. The second kappa shape index (κ2) is 7.27. The Kier molecular flexibility index (Phi) is 4.44. The fourth-order valence-corrected chi connectivity index (χ4v) is 4.14. The Labute approximate surface area is 173 Å². The van der Waals surface area contributed by atoms with Gasteiger partial charge in [0.25, 0.3) is 0 Å². The highest BCUT2D eigenvalue weighted by atomic mass is 19.1. The van der Waals surface area contributed by atoms with Gasteiger partial charge in [-0.25, -0.2) is 14.4 Å². The molecule has 0 atom stereocenters. The van der Waals surface area contributed by atoms with E-state index in [0.29, 0.717) is 30.7 Å². The van der Waals surface area contributed by atoms with Gasteiger partial charge in [-0.05, 0) is 43.0 Å². The smallest absolute Gasteiger partial charge is 0.139 e. The summed E-state index contributed by atoms with van der Waals surface area (Å²) < 4.78 is 22.0. The summed E-state index contributed by atoms with van der Waals surface area (Å²) in [4.78, 5) is 13.5. The molecule has 4 heterocycles. The summed E-state index contributed by atoms with van der Waals surface area (Å²) in [6.45, 7) is 2.55. The molecule has 1 aliphatic heterocycles. The minimum Gasteiger partial charge on any atom is -0.493 e. The molecule has 30 heavy (non-hydrogen) atoms. The van der Waals surface area contributed by atoms with E-state index in [-0.39, 0.29) is 5.82 Å². The summed E-state index contributed by atoms with van der Waals surface area (Å²) in [5.74, 6) is 4.03. The zero-order chi connectivity index (χ0) is 20.7. The van der Waals surface area contributed by atoms with Crippen molar-refractivity contribution in [1.29, 1.82) is 0 Å². The van der Waals surface area contributed by atoms with E-state index in [0.717, 1.165) is 45.9 Å². The van der Waals surface area contributed by atoms with Crippen LogP contribution in [0.3, 0.4) is 0 Å². The molecule has 6 heteroatoms. The minimum absolute atomic E-state index is 0.201. The second-order valence-electron chi connectivity index (χ2n) is 7.28. The first-order valence-corrected chi connectivity index (χ1v) is 9.84. The van der Waals surface area contributed by atoms with Crippen LogP contribution in [0.2, 0.25) is 0 Å². The number of terminal acetylenes is 1. The van der Waals surface area contributed by atoms with Gasteiger partial charge in [0.2, 0.25) is 0 Å². The van der Waals surface area contributed by atoms with E-state index in [4.69, 9.17) is 11.2 Å². The number of rotatable bonds is 4. The number of aryl methyl sites for hydroxylation is 2. The van der Waals surface area contributed by atoms with E-state index in [1.165, 1.54) is 6.07 Å². The number of aromatic nitrogens is 4. The summed E-state index contributed by atoms with van der Waals surface area (Å²) in [5.41, 5.74) is 5.77. The van der Waals surface area contributed by atoms with Crippen molar-refractivity contribution < 1.29 is 9.13 Å². The van der Waals surface area contributed by atoms with Gasteiger partial charge in [-0.3, -0.25) is 9.38 Å². The maximum Gasteiger partial charge on any atom is 0.139 e. The molecule has 1 aromatic carbocycles. The fraction of sp³-hybridized carbons (Fsp3) is 0.208. The largest absolute Gasteiger partial charge is 0.493 e. The second-order valence-corrected chi connectivity index (χ2v) is 7.28. The van der Waals surface area contributed by atoms with Crippen molar-refractivity contribution in [3.05, 3.63) is 77.1 Å². The lowest BCUT2D eigenvalue weighted by atomic mass is 9.99. The minimum atomic E-state index is -0.201. The Morgan fingerprint density at radius 1 is 1.17 bits per heavy atom. The Morgan fingerprint density at radius 2 is 2.07 bits per heavy atom. The van der Waals surface area contributed by atoms with Gasteiger partial charge in [-0.1, -0.05) is 6.07 Å². The van der Waals surface area contributed by atoms with E-state index in [9.17, 15) is 4.39 Å². The zero-order valence-corrected chi connectivity index (χ0v) is 16.5. The molecule has 0 saturated heterocycles. The molecule has 0 saturated carbocycles. The molecule has 0 aliphatic carbocycles. The standard InChI is InChI=1S/C24H19FN4O/c1-3-21-24-19(16-5-4-11-26-15(16)2)13-27-23(29(24)14-28-21)9-6-17-18-10-12-30-22(18)8-7-20(17)25/h1,4-5,7-8,11,13-14H,6,9-10,12H2,2H3. The van der Waals surface area contributed by atoms with E-state index >= 15 is 0 Å². The van der Waals surface area contributed by atoms with E-state index < -0.39 is 0 Å². The van der Waals surface area contributed by atoms with Gasteiger partial charge in [0, 0.05) is 47.6 Å². The highest BCUT2D eigenvalue weighted by Gasteiger charge is 2.21. The summed E-state index contributed by atoms with van der Waals surface area (Å²) >= 11 is 0. The molecule has 5 rings (SSSR count). The van der Waals surface area contributed by atoms with Crippen LogP contribution < -0.4 is 4.74 Å². The van der Waals surface area contributed by atoms with E-state index in [2.05, 4.69) is 20.9 Å². The maximum absolute atomic E-state index is 14.5. The molecular weight excluding hydrogens is 379 g/mol. The van der Waals surface area contributed by atoms with Gasteiger partial charge in [0.05, 0.1) is 12.1 Å². The van der Waals surface area contributed by atoms with Crippen molar-refractivity contribution in [3.63, 3.8) is 0 Å². The number of halogens is 1. The van der Waals surface area contributed by atoms with E-state index in [1.807, 2.05) is 29.7 Å². The summed E-state index contributed by atoms with van der Waals surface area (Å²) in [5, 5.41) is 0. The topological polar surface area (TPSA) is 52.3 Å². The third kappa shape index (κ3) is 2.91. The molecule has 5 nitrogen and oxygen atoms in total. The number of hydrogen-bond donors (Lipinski definition) is 0. The van der Waals surface area contributed by atoms with Crippen LogP contribution in [0.1, 0.15) is 28.3 Å². The molecule has 0 unspecified atom stereocenters. The van der Waals surface area contributed by atoms with Crippen molar-refractivity contribution >= 4 is 5.52 Å². The summed E-state index contributed by atoms with van der Waals surface area (Å²) in [7, 11) is 0. The van der Waals surface area contributed by atoms with Crippen LogP contribution >= 0.6 is 0 Å². The zero-order valence-electron chi connectivity index (χ0n) is 16.5. The van der Waals surface area contributed by atoms with Crippen molar-refractivity contribution in [2.45, 2.75) is 26.2 Å². The molecule has 0 radical (unpaired) electrons. The number of benzene rings is 1. The average Bonchev–Trinajstić information content (AvgIpc) is 3.41. The van der Waals surface area contributed by atoms with Gasteiger partial charge in [0.15, 0.2) is 0 Å². The van der Waals surface area contributed by atoms with Crippen molar-refractivity contribution in [2.24, 2.45) is 0 Å². The van der Waals surface area contributed by atoms with Crippen molar-refractivity contribution in [2.75, 3.05) is 6.61 Å². The molecule has 0 fully saturated rings. The lowest BCUT2D eigenvalue weighted by Crippen LogP contribution is -2.06. The molecule has 0 N–H and O–H groups in total. The van der Waals surface area contributed by atoms with Gasteiger partial charge < -0.3 is 4.74 Å². The predicted octanol–water partition coefficient (Wildman–Crippen LogP) is 3.94. The average molecular weight is 398 g/mol. The Hall–Kier alpha value is -3.72. The van der Waals surface area contributed by atoms with Gasteiger partial charge in [-0.2, -0.15) is 0 Å². The lowest BCUT2D eigenvalue weighted by molar-refractivity contribution is 0.356. The molecule has 3 aromatic heterocycles. The monoisotopic (exact) mass is 398 g/mol. The SMILES string of the molecule is C#Cc1ncn2c(CCc3c(F)ccc4c3CCO4)ncc(-c3cccnc3C)c12. The van der Waals surface area contributed by atoms with Crippen molar-refractivity contribution in [3.8, 4) is 29.2 Å². The first-order valence-electron chi connectivity index (χ1n) is 9.84. The molecule has 0 amide bonds. The van der Waals surface area contributed by atoms with Gasteiger partial charge >= 0.3 is 0 Å². The predicted molar refractivity (Wildman–Crippen MR) is 112 cm³/mol. The maximum atomic E-state index is 14.5. The fourth-order valence-electron chi connectivity index (χ4n) is 4.14.